The largest absolute Gasteiger partial charge is 0.493 e. The molecular weight excluding hydrogens is 278 g/mol. The van der Waals surface area contributed by atoms with Gasteiger partial charge in [-0.2, -0.15) is 0 Å². The van der Waals surface area contributed by atoms with Crippen LogP contribution in [0.3, 0.4) is 0 Å². The molecule has 22 heavy (non-hydrogen) atoms. The number of nitrogens with zero attached hydrogens (tertiary/aromatic N) is 1. The number of unbranched alkanes of at least 4 members (excludes halogenated alkanes) is 1. The number of ether oxygens (including phenoxy) is 2. The van der Waals surface area contributed by atoms with Crippen molar-refractivity contribution in [2.75, 3.05) is 33.4 Å². The van der Waals surface area contributed by atoms with E-state index in [1.807, 2.05) is 6.07 Å². The van der Waals surface area contributed by atoms with E-state index in [0.717, 1.165) is 57.0 Å². The fraction of sp³-hybridized carbons (Fsp3) is 0.667. The van der Waals surface area contributed by atoms with Gasteiger partial charge in [0.15, 0.2) is 11.5 Å². The maximum atomic E-state index is 9.33. The van der Waals surface area contributed by atoms with Crippen molar-refractivity contribution in [1.82, 2.24) is 4.90 Å². The van der Waals surface area contributed by atoms with Gasteiger partial charge in [-0.25, -0.2) is 0 Å². The van der Waals surface area contributed by atoms with Gasteiger partial charge in [0.05, 0.1) is 13.7 Å². The third-order valence-electron chi connectivity index (χ3n) is 4.25. The van der Waals surface area contributed by atoms with Crippen LogP contribution in [0, 0.1) is 5.92 Å². The number of benzene rings is 1. The number of aliphatic hydroxyl groups excluding tert-OH is 1. The lowest BCUT2D eigenvalue weighted by Crippen LogP contribution is -2.36. The molecule has 1 saturated heterocycles. The van der Waals surface area contributed by atoms with Crippen molar-refractivity contribution in [3.8, 4) is 11.5 Å². The van der Waals surface area contributed by atoms with E-state index < -0.39 is 0 Å². The minimum Gasteiger partial charge on any atom is -0.493 e. The fourth-order valence-corrected chi connectivity index (χ4v) is 2.96. The smallest absolute Gasteiger partial charge is 0.161 e. The summed E-state index contributed by atoms with van der Waals surface area (Å²) in [5.74, 6) is 2.06. The summed E-state index contributed by atoms with van der Waals surface area (Å²) in [6.45, 7) is 6.17. The number of aliphatic hydroxyl groups is 1. The van der Waals surface area contributed by atoms with Crippen molar-refractivity contribution in [3.63, 3.8) is 0 Å². The molecule has 1 unspecified atom stereocenters. The zero-order valence-electron chi connectivity index (χ0n) is 13.9. The van der Waals surface area contributed by atoms with Gasteiger partial charge in [-0.15, -0.1) is 0 Å². The lowest BCUT2D eigenvalue weighted by atomic mass is 9.98. The molecule has 1 aromatic carbocycles. The van der Waals surface area contributed by atoms with Gasteiger partial charge in [0.25, 0.3) is 0 Å². The standard InChI is InChI=1S/C18H29NO3/c1-3-4-10-22-17-8-7-15(11-18(17)21-2)12-19-9-5-6-16(13-19)14-20/h7-8,11,16,20H,3-6,9-10,12-14H2,1-2H3. The minimum atomic E-state index is 0.296. The van der Waals surface area contributed by atoms with Gasteiger partial charge < -0.3 is 14.6 Å². The topological polar surface area (TPSA) is 41.9 Å². The number of piperidine rings is 1. The molecule has 0 aromatic heterocycles. The molecule has 1 aliphatic rings. The lowest BCUT2D eigenvalue weighted by Gasteiger charge is -2.31. The molecule has 0 radical (unpaired) electrons. The van der Waals surface area contributed by atoms with Crippen LogP contribution in [0.1, 0.15) is 38.2 Å². The van der Waals surface area contributed by atoms with Crippen molar-refractivity contribution in [1.29, 1.82) is 0 Å². The summed E-state index contributed by atoms with van der Waals surface area (Å²) in [7, 11) is 1.69. The summed E-state index contributed by atoms with van der Waals surface area (Å²) in [6, 6.07) is 6.20. The fourth-order valence-electron chi connectivity index (χ4n) is 2.96. The highest BCUT2D eigenvalue weighted by molar-refractivity contribution is 5.43. The SMILES string of the molecule is CCCCOc1ccc(CN2CCCC(CO)C2)cc1OC. The highest BCUT2D eigenvalue weighted by atomic mass is 16.5. The number of hydrogen-bond acceptors (Lipinski definition) is 4. The van der Waals surface area contributed by atoms with Crippen LogP contribution in [0.15, 0.2) is 18.2 Å². The molecule has 4 nitrogen and oxygen atoms in total. The van der Waals surface area contributed by atoms with E-state index in [1.54, 1.807) is 7.11 Å². The zero-order chi connectivity index (χ0) is 15.8. The molecule has 4 heteroatoms. The van der Waals surface area contributed by atoms with E-state index in [0.29, 0.717) is 12.5 Å². The third-order valence-corrected chi connectivity index (χ3v) is 4.25. The molecule has 1 aliphatic heterocycles. The van der Waals surface area contributed by atoms with Crippen molar-refractivity contribution in [3.05, 3.63) is 23.8 Å². The summed E-state index contributed by atoms with van der Waals surface area (Å²) in [5, 5.41) is 9.33. The van der Waals surface area contributed by atoms with Crippen molar-refractivity contribution in [2.24, 2.45) is 5.92 Å². The van der Waals surface area contributed by atoms with E-state index in [-0.39, 0.29) is 0 Å². The Labute approximate surface area is 134 Å². The molecule has 1 aromatic rings. The van der Waals surface area contributed by atoms with E-state index in [1.165, 1.54) is 12.0 Å². The average Bonchev–Trinajstić information content (AvgIpc) is 2.56. The second kappa shape index (κ2) is 9.01. The van der Waals surface area contributed by atoms with Gasteiger partial charge >= 0.3 is 0 Å². The van der Waals surface area contributed by atoms with Gasteiger partial charge in [-0.05, 0) is 49.4 Å². The summed E-state index contributed by atoms with van der Waals surface area (Å²) in [4.78, 5) is 2.41. The molecular formula is C18H29NO3. The van der Waals surface area contributed by atoms with Gasteiger partial charge in [0, 0.05) is 19.7 Å². The average molecular weight is 307 g/mol. The molecule has 1 atom stereocenters. The van der Waals surface area contributed by atoms with Crippen molar-refractivity contribution in [2.45, 2.75) is 39.2 Å². The first kappa shape index (κ1) is 17.1. The Morgan fingerprint density at radius 3 is 2.91 bits per heavy atom. The van der Waals surface area contributed by atoms with E-state index in [2.05, 4.69) is 24.0 Å². The molecule has 0 amide bonds. The maximum Gasteiger partial charge on any atom is 0.161 e. The monoisotopic (exact) mass is 307 g/mol. The molecule has 0 spiro atoms. The quantitative estimate of drug-likeness (QED) is 0.750. The Hall–Kier alpha value is -1.26. The van der Waals surface area contributed by atoms with Crippen LogP contribution >= 0.6 is 0 Å². The first-order chi connectivity index (χ1) is 10.8. The normalized spacial score (nSPS) is 19.1. The molecule has 1 N–H and O–H groups in total. The number of methoxy groups -OCH3 is 1. The van der Waals surface area contributed by atoms with Gasteiger partial charge in [-0.3, -0.25) is 4.90 Å². The third kappa shape index (κ3) is 4.89. The van der Waals surface area contributed by atoms with E-state index >= 15 is 0 Å². The Bertz CT molecular complexity index is 450. The van der Waals surface area contributed by atoms with Crippen LogP contribution in [-0.2, 0) is 6.54 Å². The minimum absolute atomic E-state index is 0.296. The second-order valence-corrected chi connectivity index (χ2v) is 6.11. The lowest BCUT2D eigenvalue weighted by molar-refractivity contribution is 0.116. The molecule has 124 valence electrons. The predicted molar refractivity (Wildman–Crippen MR) is 88.5 cm³/mol. The Morgan fingerprint density at radius 2 is 2.18 bits per heavy atom. The van der Waals surface area contributed by atoms with E-state index in [4.69, 9.17) is 9.47 Å². The Morgan fingerprint density at radius 1 is 1.32 bits per heavy atom. The zero-order valence-corrected chi connectivity index (χ0v) is 13.9. The number of hydrogen-bond donors (Lipinski definition) is 1. The number of likely N-dealkylation sites (tertiary alicyclic amines) is 1. The number of rotatable bonds is 8. The van der Waals surface area contributed by atoms with Crippen LogP contribution < -0.4 is 9.47 Å². The van der Waals surface area contributed by atoms with Crippen LogP contribution in [0.2, 0.25) is 0 Å². The highest BCUT2D eigenvalue weighted by Gasteiger charge is 2.19. The summed E-state index contributed by atoms with van der Waals surface area (Å²) < 4.78 is 11.2. The highest BCUT2D eigenvalue weighted by Crippen LogP contribution is 2.29. The Balaban J connectivity index is 1.96. The predicted octanol–water partition coefficient (Wildman–Crippen LogP) is 3.08. The van der Waals surface area contributed by atoms with Crippen molar-refractivity contribution < 1.29 is 14.6 Å². The molecule has 0 saturated carbocycles. The molecule has 2 rings (SSSR count). The van der Waals surface area contributed by atoms with Gasteiger partial charge in [0.1, 0.15) is 0 Å². The molecule has 1 heterocycles. The summed E-state index contributed by atoms with van der Waals surface area (Å²) in [6.07, 6.45) is 4.49. The second-order valence-electron chi connectivity index (χ2n) is 6.11. The van der Waals surface area contributed by atoms with Crippen LogP contribution in [0.4, 0.5) is 0 Å². The first-order valence-corrected chi connectivity index (χ1v) is 8.39. The van der Waals surface area contributed by atoms with Crippen LogP contribution in [0.25, 0.3) is 0 Å². The molecule has 1 fully saturated rings. The summed E-state index contributed by atoms with van der Waals surface area (Å²) >= 11 is 0. The molecule has 0 aliphatic carbocycles. The summed E-state index contributed by atoms with van der Waals surface area (Å²) in [5.41, 5.74) is 1.23. The van der Waals surface area contributed by atoms with E-state index in [9.17, 15) is 5.11 Å². The van der Waals surface area contributed by atoms with Crippen molar-refractivity contribution >= 4 is 0 Å². The van der Waals surface area contributed by atoms with Gasteiger partial charge in [0.2, 0.25) is 0 Å². The van der Waals surface area contributed by atoms with Gasteiger partial charge in [-0.1, -0.05) is 19.4 Å². The first-order valence-electron chi connectivity index (χ1n) is 8.39. The maximum absolute atomic E-state index is 9.33. The van der Waals surface area contributed by atoms with Crippen LogP contribution in [-0.4, -0.2) is 43.4 Å². The van der Waals surface area contributed by atoms with Crippen LogP contribution in [0.5, 0.6) is 11.5 Å². The Kier molecular flexibility index (Phi) is 7.00. The molecule has 0 bridgehead atoms.